The second-order valence-corrected chi connectivity index (χ2v) is 5.38. The molecule has 0 saturated heterocycles. The van der Waals surface area contributed by atoms with Gasteiger partial charge in [-0.3, -0.25) is 4.68 Å². The highest BCUT2D eigenvalue weighted by molar-refractivity contribution is 5.00. The Hall–Kier alpha value is -0.870. The number of aromatic nitrogens is 2. The first-order valence-electron chi connectivity index (χ1n) is 7.65. The predicted molar refractivity (Wildman–Crippen MR) is 77.1 cm³/mol. The molecule has 1 aliphatic carbocycles. The molecule has 2 rings (SSSR count). The van der Waals surface area contributed by atoms with Gasteiger partial charge < -0.3 is 10.1 Å². The van der Waals surface area contributed by atoms with Crippen molar-refractivity contribution in [2.24, 2.45) is 0 Å². The fourth-order valence-electron chi connectivity index (χ4n) is 2.69. The van der Waals surface area contributed by atoms with Gasteiger partial charge in [0.1, 0.15) is 0 Å². The third kappa shape index (κ3) is 3.80. The minimum Gasteiger partial charge on any atom is -0.378 e. The molecule has 19 heavy (non-hydrogen) atoms. The Morgan fingerprint density at radius 2 is 2.11 bits per heavy atom. The molecule has 1 aromatic heterocycles. The van der Waals surface area contributed by atoms with Crippen LogP contribution in [0.4, 0.5) is 0 Å². The van der Waals surface area contributed by atoms with Crippen LogP contribution >= 0.6 is 0 Å². The van der Waals surface area contributed by atoms with Crippen LogP contribution in [0.25, 0.3) is 0 Å². The Morgan fingerprint density at radius 1 is 1.37 bits per heavy atom. The van der Waals surface area contributed by atoms with E-state index in [-0.39, 0.29) is 0 Å². The minimum absolute atomic E-state index is 0.477. The lowest BCUT2D eigenvalue weighted by atomic mass is 9.89. The number of rotatable bonds is 8. The van der Waals surface area contributed by atoms with Crippen LogP contribution in [0.3, 0.4) is 0 Å². The molecule has 0 radical (unpaired) electrons. The molecule has 108 valence electrons. The van der Waals surface area contributed by atoms with Crippen LogP contribution in [-0.2, 0) is 11.3 Å². The highest BCUT2D eigenvalue weighted by Gasteiger charge is 2.28. The van der Waals surface area contributed by atoms with E-state index in [1.165, 1.54) is 0 Å². The van der Waals surface area contributed by atoms with Crippen LogP contribution in [0, 0.1) is 0 Å². The largest absolute Gasteiger partial charge is 0.378 e. The van der Waals surface area contributed by atoms with Crippen LogP contribution in [-0.4, -0.2) is 28.5 Å². The summed E-state index contributed by atoms with van der Waals surface area (Å²) in [5, 5.41) is 8.22. The van der Waals surface area contributed by atoms with Crippen molar-refractivity contribution in [1.82, 2.24) is 15.1 Å². The summed E-state index contributed by atoms with van der Waals surface area (Å²) >= 11 is 0. The van der Waals surface area contributed by atoms with Crippen LogP contribution in [0.2, 0.25) is 0 Å². The molecular weight excluding hydrogens is 238 g/mol. The van der Waals surface area contributed by atoms with E-state index in [0.717, 1.165) is 44.5 Å². The lowest BCUT2D eigenvalue weighted by molar-refractivity contribution is -0.0103. The highest BCUT2D eigenvalue weighted by Crippen LogP contribution is 2.23. The zero-order valence-electron chi connectivity index (χ0n) is 12.4. The van der Waals surface area contributed by atoms with E-state index >= 15 is 0 Å². The van der Waals surface area contributed by atoms with Crippen molar-refractivity contribution in [3.8, 4) is 0 Å². The van der Waals surface area contributed by atoms with Gasteiger partial charge in [-0.1, -0.05) is 13.8 Å². The van der Waals surface area contributed by atoms with Crippen molar-refractivity contribution >= 4 is 0 Å². The van der Waals surface area contributed by atoms with Crippen LogP contribution in [0.1, 0.15) is 58.2 Å². The summed E-state index contributed by atoms with van der Waals surface area (Å²) in [6, 6.07) is 3.28. The topological polar surface area (TPSA) is 39.1 Å². The molecule has 0 aromatic carbocycles. The smallest absolute Gasteiger partial charge is 0.0762 e. The van der Waals surface area contributed by atoms with Crippen LogP contribution in [0.15, 0.2) is 12.3 Å². The molecule has 0 amide bonds. The third-order valence-electron chi connectivity index (χ3n) is 4.05. The molecule has 1 aliphatic rings. The molecule has 0 bridgehead atoms. The van der Waals surface area contributed by atoms with E-state index in [2.05, 4.69) is 48.1 Å². The Balaban J connectivity index is 1.72. The Kier molecular flexibility index (Phi) is 5.40. The SMILES string of the molecule is CCOC1CC(NCc2ccn(C(CC)CC)n2)C1. The van der Waals surface area contributed by atoms with Crippen molar-refractivity contribution < 1.29 is 4.74 Å². The maximum atomic E-state index is 5.57. The normalized spacial score (nSPS) is 22.7. The highest BCUT2D eigenvalue weighted by atomic mass is 16.5. The van der Waals surface area contributed by atoms with Gasteiger partial charge in [0.25, 0.3) is 0 Å². The molecular formula is C15H27N3O. The maximum absolute atomic E-state index is 5.57. The average Bonchev–Trinajstić information content (AvgIpc) is 2.82. The molecule has 4 heteroatoms. The Labute approximate surface area is 116 Å². The first-order valence-corrected chi connectivity index (χ1v) is 7.65. The first-order chi connectivity index (χ1) is 9.26. The van der Waals surface area contributed by atoms with Gasteiger partial charge >= 0.3 is 0 Å². The van der Waals surface area contributed by atoms with Crippen molar-refractivity contribution in [2.75, 3.05) is 6.61 Å². The summed E-state index contributed by atoms with van der Waals surface area (Å²) in [5.41, 5.74) is 1.15. The maximum Gasteiger partial charge on any atom is 0.0762 e. The van der Waals surface area contributed by atoms with Crippen LogP contribution in [0.5, 0.6) is 0 Å². The van der Waals surface area contributed by atoms with E-state index in [1.54, 1.807) is 0 Å². The fraction of sp³-hybridized carbons (Fsp3) is 0.800. The van der Waals surface area contributed by atoms with Gasteiger partial charge in [0.2, 0.25) is 0 Å². The van der Waals surface area contributed by atoms with Gasteiger partial charge in [0, 0.05) is 25.4 Å². The number of nitrogens with zero attached hydrogens (tertiary/aromatic N) is 2. The number of ether oxygens (including phenoxy) is 1. The molecule has 0 atom stereocenters. The van der Waals surface area contributed by atoms with E-state index in [1.807, 2.05) is 0 Å². The molecule has 0 aliphatic heterocycles. The summed E-state index contributed by atoms with van der Waals surface area (Å²) in [4.78, 5) is 0. The molecule has 4 nitrogen and oxygen atoms in total. The zero-order chi connectivity index (χ0) is 13.7. The average molecular weight is 265 g/mol. The number of nitrogens with one attached hydrogen (secondary N) is 1. The summed E-state index contributed by atoms with van der Waals surface area (Å²) < 4.78 is 7.68. The fourth-order valence-corrected chi connectivity index (χ4v) is 2.69. The monoisotopic (exact) mass is 265 g/mol. The van der Waals surface area contributed by atoms with Gasteiger partial charge in [0.15, 0.2) is 0 Å². The lowest BCUT2D eigenvalue weighted by Crippen LogP contribution is -2.45. The number of hydrogen-bond acceptors (Lipinski definition) is 3. The van der Waals surface area contributed by atoms with E-state index in [4.69, 9.17) is 4.74 Å². The summed E-state index contributed by atoms with van der Waals surface area (Å²) in [6.45, 7) is 8.20. The number of hydrogen-bond donors (Lipinski definition) is 1. The summed E-state index contributed by atoms with van der Waals surface area (Å²) in [7, 11) is 0. The third-order valence-corrected chi connectivity index (χ3v) is 4.05. The quantitative estimate of drug-likeness (QED) is 0.785. The first kappa shape index (κ1) is 14.5. The second-order valence-electron chi connectivity index (χ2n) is 5.38. The molecule has 1 saturated carbocycles. The van der Waals surface area contributed by atoms with Gasteiger partial charge in [-0.15, -0.1) is 0 Å². The Bertz CT molecular complexity index is 367. The second kappa shape index (κ2) is 7.06. The van der Waals surface area contributed by atoms with Crippen molar-refractivity contribution in [2.45, 2.75) is 71.2 Å². The van der Waals surface area contributed by atoms with Crippen molar-refractivity contribution in [3.05, 3.63) is 18.0 Å². The van der Waals surface area contributed by atoms with Crippen molar-refractivity contribution in [3.63, 3.8) is 0 Å². The molecule has 1 heterocycles. The van der Waals surface area contributed by atoms with E-state index in [0.29, 0.717) is 18.2 Å². The zero-order valence-corrected chi connectivity index (χ0v) is 12.4. The molecule has 1 aromatic rings. The summed E-state index contributed by atoms with van der Waals surface area (Å²) in [6.07, 6.45) is 7.15. The van der Waals surface area contributed by atoms with Gasteiger partial charge in [-0.05, 0) is 38.7 Å². The molecule has 0 spiro atoms. The lowest BCUT2D eigenvalue weighted by Gasteiger charge is -2.35. The molecule has 1 N–H and O–H groups in total. The van der Waals surface area contributed by atoms with E-state index < -0.39 is 0 Å². The van der Waals surface area contributed by atoms with Crippen LogP contribution < -0.4 is 5.32 Å². The standard InChI is InChI=1S/C15H27N3O/c1-4-14(5-2)18-8-7-12(17-18)11-16-13-9-15(10-13)19-6-3/h7-8,13-16H,4-6,9-11H2,1-3H3. The van der Waals surface area contributed by atoms with Crippen molar-refractivity contribution in [1.29, 1.82) is 0 Å². The van der Waals surface area contributed by atoms with E-state index in [9.17, 15) is 0 Å². The summed E-state index contributed by atoms with van der Waals surface area (Å²) in [5.74, 6) is 0. The van der Waals surface area contributed by atoms with Gasteiger partial charge in [0.05, 0.1) is 17.8 Å². The Morgan fingerprint density at radius 3 is 2.74 bits per heavy atom. The molecule has 1 fully saturated rings. The van der Waals surface area contributed by atoms with Gasteiger partial charge in [-0.2, -0.15) is 5.10 Å². The van der Waals surface area contributed by atoms with Gasteiger partial charge in [-0.25, -0.2) is 0 Å². The molecule has 0 unspecified atom stereocenters. The minimum atomic E-state index is 0.477. The predicted octanol–water partition coefficient (Wildman–Crippen LogP) is 2.90.